The normalized spacial score (nSPS) is 9.65. The molecule has 2 aromatic carbocycles. The highest BCUT2D eigenvalue weighted by Crippen LogP contribution is 2.22. The van der Waals surface area contributed by atoms with Crippen LogP contribution in [0.1, 0.15) is 0 Å². The number of carbonyl (C=O) groups is 1. The van der Waals surface area contributed by atoms with Gasteiger partial charge in [-0.15, -0.1) is 0 Å². The van der Waals surface area contributed by atoms with E-state index in [2.05, 4.69) is 11.9 Å². The molecule has 0 fully saturated rings. The molecule has 84 valence electrons. The second-order valence-electron chi connectivity index (χ2n) is 3.64. The van der Waals surface area contributed by atoms with Gasteiger partial charge in [-0.1, -0.05) is 49.0 Å². The molecule has 0 aliphatic heterocycles. The molecule has 0 unspecified atom stereocenters. The molecule has 0 aromatic heterocycles. The molecule has 2 nitrogen and oxygen atoms in total. The molecule has 0 heterocycles. The fourth-order valence-electron chi connectivity index (χ4n) is 1.60. The van der Waals surface area contributed by atoms with Crippen LogP contribution in [0.3, 0.4) is 0 Å². The van der Waals surface area contributed by atoms with Crippen LogP contribution in [0.15, 0.2) is 67.3 Å². The molecule has 2 aromatic rings. The van der Waals surface area contributed by atoms with Gasteiger partial charge in [0.2, 0.25) is 5.91 Å². The number of nitrogens with one attached hydrogen (secondary N) is 1. The fraction of sp³-hybridized carbons (Fsp3) is 0. The van der Waals surface area contributed by atoms with Crippen molar-refractivity contribution in [1.29, 1.82) is 0 Å². The zero-order chi connectivity index (χ0) is 12.1. The highest BCUT2D eigenvalue weighted by molar-refractivity contribution is 5.99. The van der Waals surface area contributed by atoms with Gasteiger partial charge in [0.25, 0.3) is 0 Å². The maximum Gasteiger partial charge on any atom is 0.247 e. The zero-order valence-electron chi connectivity index (χ0n) is 9.39. The van der Waals surface area contributed by atoms with E-state index in [1.165, 1.54) is 6.08 Å². The van der Waals surface area contributed by atoms with Crippen molar-refractivity contribution in [1.82, 2.24) is 0 Å². The molecular formula is C15H13NO. The smallest absolute Gasteiger partial charge is 0.247 e. The Hall–Kier alpha value is -2.35. The van der Waals surface area contributed by atoms with Crippen LogP contribution in [0, 0.1) is 0 Å². The zero-order valence-corrected chi connectivity index (χ0v) is 9.39. The number of hydrogen-bond acceptors (Lipinski definition) is 1. The second kappa shape index (κ2) is 5.12. The van der Waals surface area contributed by atoms with Crippen LogP contribution in [0.4, 0.5) is 5.69 Å². The van der Waals surface area contributed by atoms with Gasteiger partial charge in [0.15, 0.2) is 0 Å². The lowest BCUT2D eigenvalue weighted by Crippen LogP contribution is -2.06. The van der Waals surface area contributed by atoms with E-state index in [4.69, 9.17) is 0 Å². The molecule has 17 heavy (non-hydrogen) atoms. The monoisotopic (exact) mass is 223 g/mol. The quantitative estimate of drug-likeness (QED) is 0.793. The van der Waals surface area contributed by atoms with E-state index in [9.17, 15) is 4.79 Å². The van der Waals surface area contributed by atoms with Crippen molar-refractivity contribution in [3.05, 3.63) is 67.3 Å². The van der Waals surface area contributed by atoms with Gasteiger partial charge in [0.05, 0.1) is 0 Å². The van der Waals surface area contributed by atoms with Gasteiger partial charge in [-0.3, -0.25) is 4.79 Å². The largest absolute Gasteiger partial charge is 0.323 e. The molecule has 2 rings (SSSR count). The first kappa shape index (κ1) is 11.1. The molecule has 0 saturated carbocycles. The third-order valence-electron chi connectivity index (χ3n) is 2.42. The lowest BCUT2D eigenvalue weighted by atomic mass is 10.1. The summed E-state index contributed by atoms with van der Waals surface area (Å²) in [5.41, 5.74) is 2.98. The van der Waals surface area contributed by atoms with Crippen LogP contribution in [0.2, 0.25) is 0 Å². The maximum atomic E-state index is 11.2. The van der Waals surface area contributed by atoms with Crippen LogP contribution >= 0.6 is 0 Å². The maximum absolute atomic E-state index is 11.2. The van der Waals surface area contributed by atoms with E-state index in [0.29, 0.717) is 0 Å². The van der Waals surface area contributed by atoms with Crippen molar-refractivity contribution in [2.75, 3.05) is 5.32 Å². The number of carbonyl (C=O) groups excluding carboxylic acids is 1. The van der Waals surface area contributed by atoms with Crippen LogP contribution in [0.25, 0.3) is 11.1 Å². The van der Waals surface area contributed by atoms with E-state index in [-0.39, 0.29) is 5.91 Å². The molecule has 2 heteroatoms. The minimum absolute atomic E-state index is 0.199. The molecule has 0 aliphatic carbocycles. The topological polar surface area (TPSA) is 29.1 Å². The minimum atomic E-state index is -0.199. The predicted molar refractivity (Wildman–Crippen MR) is 70.7 cm³/mol. The summed E-state index contributed by atoms with van der Waals surface area (Å²) in [7, 11) is 0. The minimum Gasteiger partial charge on any atom is -0.323 e. The van der Waals surface area contributed by atoms with E-state index in [1.807, 2.05) is 54.6 Å². The predicted octanol–water partition coefficient (Wildman–Crippen LogP) is 3.48. The Bertz CT molecular complexity index is 532. The summed E-state index contributed by atoms with van der Waals surface area (Å²) >= 11 is 0. The van der Waals surface area contributed by atoms with Crippen LogP contribution < -0.4 is 5.32 Å². The van der Waals surface area contributed by atoms with E-state index >= 15 is 0 Å². The fourth-order valence-corrected chi connectivity index (χ4v) is 1.60. The number of benzene rings is 2. The number of anilines is 1. The number of rotatable bonds is 3. The van der Waals surface area contributed by atoms with E-state index in [0.717, 1.165) is 16.8 Å². The number of amides is 1. The van der Waals surface area contributed by atoms with Gasteiger partial charge in [-0.25, -0.2) is 0 Å². The Balaban J connectivity index is 2.29. The number of hydrogen-bond donors (Lipinski definition) is 1. The Labute approximate surface area is 101 Å². The third kappa shape index (κ3) is 2.82. The van der Waals surface area contributed by atoms with Gasteiger partial charge in [0, 0.05) is 5.69 Å². The molecule has 0 spiro atoms. The Kier molecular flexibility index (Phi) is 3.36. The molecule has 0 atom stereocenters. The summed E-state index contributed by atoms with van der Waals surface area (Å²) in [6, 6.07) is 17.8. The van der Waals surface area contributed by atoms with Gasteiger partial charge >= 0.3 is 0 Å². The Morgan fingerprint density at radius 1 is 1.00 bits per heavy atom. The molecule has 0 radical (unpaired) electrons. The van der Waals surface area contributed by atoms with Crippen molar-refractivity contribution in [3.8, 4) is 11.1 Å². The van der Waals surface area contributed by atoms with Crippen molar-refractivity contribution >= 4 is 11.6 Å². The second-order valence-corrected chi connectivity index (χ2v) is 3.64. The summed E-state index contributed by atoms with van der Waals surface area (Å²) in [6.07, 6.45) is 1.26. The van der Waals surface area contributed by atoms with E-state index < -0.39 is 0 Å². The van der Waals surface area contributed by atoms with Crippen LogP contribution in [-0.2, 0) is 4.79 Å². The standard InChI is InChI=1S/C15H13NO/c1-2-15(17)16-14-10-6-9-13(11-14)12-7-4-3-5-8-12/h2-11H,1H2,(H,16,17). The molecule has 1 amide bonds. The third-order valence-corrected chi connectivity index (χ3v) is 2.42. The van der Waals surface area contributed by atoms with E-state index in [1.54, 1.807) is 0 Å². The average molecular weight is 223 g/mol. The van der Waals surface area contributed by atoms with Crippen LogP contribution in [-0.4, -0.2) is 5.91 Å². The highest BCUT2D eigenvalue weighted by Gasteiger charge is 2.00. The van der Waals surface area contributed by atoms with Gasteiger partial charge in [-0.2, -0.15) is 0 Å². The Morgan fingerprint density at radius 2 is 1.71 bits per heavy atom. The lowest BCUT2D eigenvalue weighted by molar-refractivity contribution is -0.111. The van der Waals surface area contributed by atoms with Gasteiger partial charge in [0.1, 0.15) is 0 Å². The highest BCUT2D eigenvalue weighted by atomic mass is 16.1. The first-order chi connectivity index (χ1) is 8.29. The SMILES string of the molecule is C=CC(=O)Nc1cccc(-c2ccccc2)c1. The lowest BCUT2D eigenvalue weighted by Gasteiger charge is -2.05. The molecule has 0 bridgehead atoms. The first-order valence-electron chi connectivity index (χ1n) is 5.38. The molecular weight excluding hydrogens is 210 g/mol. The molecule has 0 aliphatic rings. The van der Waals surface area contributed by atoms with Crippen molar-refractivity contribution in [2.24, 2.45) is 0 Å². The first-order valence-corrected chi connectivity index (χ1v) is 5.38. The summed E-state index contributed by atoms with van der Waals surface area (Å²) < 4.78 is 0. The van der Waals surface area contributed by atoms with Crippen molar-refractivity contribution < 1.29 is 4.79 Å². The summed E-state index contributed by atoms with van der Waals surface area (Å²) in [4.78, 5) is 11.2. The summed E-state index contributed by atoms with van der Waals surface area (Å²) in [5.74, 6) is -0.199. The van der Waals surface area contributed by atoms with Crippen molar-refractivity contribution in [3.63, 3.8) is 0 Å². The average Bonchev–Trinajstić information content (AvgIpc) is 2.40. The Morgan fingerprint density at radius 3 is 2.41 bits per heavy atom. The van der Waals surface area contributed by atoms with Gasteiger partial charge in [-0.05, 0) is 29.3 Å². The molecule has 0 saturated heterocycles. The van der Waals surface area contributed by atoms with Gasteiger partial charge < -0.3 is 5.32 Å². The molecule has 1 N–H and O–H groups in total. The van der Waals surface area contributed by atoms with Crippen molar-refractivity contribution in [2.45, 2.75) is 0 Å². The van der Waals surface area contributed by atoms with Crippen LogP contribution in [0.5, 0.6) is 0 Å². The summed E-state index contributed by atoms with van der Waals surface area (Å²) in [5, 5.41) is 2.74. The summed E-state index contributed by atoms with van der Waals surface area (Å²) in [6.45, 7) is 3.43.